The summed E-state index contributed by atoms with van der Waals surface area (Å²) in [5, 5.41) is 4.39. The molecule has 1 aromatic rings. The Morgan fingerprint density at radius 3 is 2.45 bits per heavy atom. The van der Waals surface area contributed by atoms with Crippen molar-refractivity contribution in [1.29, 1.82) is 0 Å². The third kappa shape index (κ3) is 4.60. The predicted molar refractivity (Wildman–Crippen MR) is 88.8 cm³/mol. The second kappa shape index (κ2) is 6.62. The van der Waals surface area contributed by atoms with E-state index < -0.39 is 8.32 Å². The lowest BCUT2D eigenvalue weighted by atomic mass is 10.2. The summed E-state index contributed by atoms with van der Waals surface area (Å²) in [6.07, 6.45) is 2.73. The van der Waals surface area contributed by atoms with Crippen molar-refractivity contribution in [2.24, 2.45) is 7.05 Å². The van der Waals surface area contributed by atoms with Crippen LogP contribution >= 0.6 is 15.9 Å². The monoisotopic (exact) mass is 362 g/mol. The first-order valence-electron chi connectivity index (χ1n) is 7.02. The van der Waals surface area contributed by atoms with Gasteiger partial charge in [0.15, 0.2) is 8.32 Å². The van der Waals surface area contributed by atoms with Crippen molar-refractivity contribution in [3.05, 3.63) is 10.7 Å². The van der Waals surface area contributed by atoms with Gasteiger partial charge in [-0.2, -0.15) is 5.10 Å². The Bertz CT molecular complexity index is 421. The van der Waals surface area contributed by atoms with Crippen molar-refractivity contribution in [3.8, 4) is 5.88 Å². The van der Waals surface area contributed by atoms with Gasteiger partial charge in [0.05, 0.1) is 16.8 Å². The molecule has 0 amide bonds. The van der Waals surface area contributed by atoms with Gasteiger partial charge >= 0.3 is 0 Å². The minimum atomic E-state index is -1.65. The SMILES string of the molecule is C[C@@H](CCO[Si](C)(C)C(C)(C)C)Oc1c(Br)cnn1C. The van der Waals surface area contributed by atoms with Crippen LogP contribution in [0, 0.1) is 0 Å². The topological polar surface area (TPSA) is 36.3 Å². The highest BCUT2D eigenvalue weighted by Crippen LogP contribution is 2.36. The Morgan fingerprint density at radius 2 is 2.00 bits per heavy atom. The molecule has 0 bridgehead atoms. The van der Waals surface area contributed by atoms with Gasteiger partial charge in [-0.05, 0) is 41.0 Å². The zero-order chi connectivity index (χ0) is 15.6. The number of nitrogens with zero attached hydrogens (tertiary/aromatic N) is 2. The Labute approximate surface area is 132 Å². The Kier molecular flexibility index (Phi) is 5.86. The second-order valence-electron chi connectivity index (χ2n) is 6.75. The second-order valence-corrected chi connectivity index (χ2v) is 12.4. The molecule has 0 unspecified atom stereocenters. The lowest BCUT2D eigenvalue weighted by Gasteiger charge is -2.36. The molecule has 0 saturated heterocycles. The standard InChI is InChI=1S/C14H27BrN2O2Si/c1-11(19-13-12(15)10-16-17(13)5)8-9-18-20(6,7)14(2,3)4/h10-11H,8-9H2,1-7H3/t11-/m0/s1. The van der Waals surface area contributed by atoms with Gasteiger partial charge < -0.3 is 9.16 Å². The molecule has 4 nitrogen and oxygen atoms in total. The molecule has 0 aliphatic carbocycles. The van der Waals surface area contributed by atoms with Crippen molar-refractivity contribution in [2.45, 2.75) is 58.4 Å². The number of hydrogen-bond acceptors (Lipinski definition) is 3. The van der Waals surface area contributed by atoms with Crippen LogP contribution in [0.15, 0.2) is 10.7 Å². The number of aromatic nitrogens is 2. The molecule has 0 radical (unpaired) electrons. The zero-order valence-electron chi connectivity index (χ0n) is 13.7. The molecule has 0 fully saturated rings. The molecule has 6 heteroatoms. The summed E-state index contributed by atoms with van der Waals surface area (Å²) in [7, 11) is 0.219. The first-order valence-corrected chi connectivity index (χ1v) is 10.7. The van der Waals surface area contributed by atoms with Crippen molar-refractivity contribution < 1.29 is 9.16 Å². The Balaban J connectivity index is 2.43. The van der Waals surface area contributed by atoms with E-state index in [2.05, 4.69) is 61.8 Å². The van der Waals surface area contributed by atoms with E-state index in [1.165, 1.54) is 0 Å². The summed E-state index contributed by atoms with van der Waals surface area (Å²) < 4.78 is 14.7. The molecule has 0 aliphatic heterocycles. The molecule has 1 aromatic heterocycles. The van der Waals surface area contributed by atoms with Gasteiger partial charge in [-0.3, -0.25) is 0 Å². The van der Waals surface area contributed by atoms with Crippen LogP contribution in [-0.4, -0.2) is 30.8 Å². The number of rotatable bonds is 6. The maximum Gasteiger partial charge on any atom is 0.226 e. The highest BCUT2D eigenvalue weighted by Gasteiger charge is 2.36. The molecule has 116 valence electrons. The highest BCUT2D eigenvalue weighted by molar-refractivity contribution is 9.10. The minimum absolute atomic E-state index is 0.103. The first kappa shape index (κ1) is 17.7. The van der Waals surface area contributed by atoms with Gasteiger partial charge in [0.25, 0.3) is 0 Å². The molecule has 0 aliphatic rings. The molecule has 0 saturated carbocycles. The summed E-state index contributed by atoms with van der Waals surface area (Å²) >= 11 is 3.44. The zero-order valence-corrected chi connectivity index (χ0v) is 16.2. The molecule has 1 heterocycles. The third-order valence-electron chi connectivity index (χ3n) is 3.95. The average Bonchev–Trinajstić information content (AvgIpc) is 2.59. The molecular formula is C14H27BrN2O2Si. The van der Waals surface area contributed by atoms with E-state index in [1.54, 1.807) is 10.9 Å². The predicted octanol–water partition coefficient (Wildman–Crippen LogP) is 4.36. The molecular weight excluding hydrogens is 336 g/mol. The first-order chi connectivity index (χ1) is 9.04. The summed E-state index contributed by atoms with van der Waals surface area (Å²) in [6, 6.07) is 0. The molecule has 1 rings (SSSR count). The largest absolute Gasteiger partial charge is 0.474 e. The molecule has 20 heavy (non-hydrogen) atoms. The number of hydrogen-bond donors (Lipinski definition) is 0. The van der Waals surface area contributed by atoms with Crippen LogP contribution in [0.1, 0.15) is 34.1 Å². The van der Waals surface area contributed by atoms with Gasteiger partial charge in [0.1, 0.15) is 0 Å². The van der Waals surface area contributed by atoms with E-state index in [4.69, 9.17) is 9.16 Å². The summed E-state index contributed by atoms with van der Waals surface area (Å²) in [6.45, 7) is 14.1. The van der Waals surface area contributed by atoms with Crippen molar-refractivity contribution >= 4 is 24.2 Å². The van der Waals surface area contributed by atoms with E-state index in [1.807, 2.05) is 7.05 Å². The quantitative estimate of drug-likeness (QED) is 0.705. The summed E-state index contributed by atoms with van der Waals surface area (Å²) in [4.78, 5) is 0. The maximum absolute atomic E-state index is 6.17. The van der Waals surface area contributed by atoms with E-state index >= 15 is 0 Å². The van der Waals surface area contributed by atoms with E-state index in [-0.39, 0.29) is 11.1 Å². The van der Waals surface area contributed by atoms with Crippen LogP contribution in [0.5, 0.6) is 5.88 Å². The lowest BCUT2D eigenvalue weighted by Crippen LogP contribution is -2.41. The maximum atomic E-state index is 6.17. The van der Waals surface area contributed by atoms with Gasteiger partial charge in [-0.15, -0.1) is 0 Å². The molecule has 1 atom stereocenters. The lowest BCUT2D eigenvalue weighted by molar-refractivity contribution is 0.158. The fourth-order valence-electron chi connectivity index (χ4n) is 1.48. The molecule has 0 N–H and O–H groups in total. The van der Waals surface area contributed by atoms with Crippen LogP contribution in [0.25, 0.3) is 0 Å². The van der Waals surface area contributed by atoms with Crippen molar-refractivity contribution in [2.75, 3.05) is 6.61 Å². The Hall–Kier alpha value is -0.333. The average molecular weight is 363 g/mol. The normalized spacial score (nSPS) is 14.4. The van der Waals surface area contributed by atoms with Crippen LogP contribution in [0.3, 0.4) is 0 Å². The van der Waals surface area contributed by atoms with E-state index in [9.17, 15) is 0 Å². The number of aryl methyl sites for hydroxylation is 1. The van der Waals surface area contributed by atoms with E-state index in [0.717, 1.165) is 23.4 Å². The van der Waals surface area contributed by atoms with Crippen molar-refractivity contribution in [1.82, 2.24) is 9.78 Å². The van der Waals surface area contributed by atoms with Crippen LogP contribution in [0.2, 0.25) is 18.1 Å². The molecule has 0 spiro atoms. The fourth-order valence-corrected chi connectivity index (χ4v) is 2.98. The molecule has 0 aromatic carbocycles. The van der Waals surface area contributed by atoms with Gasteiger partial charge in [0.2, 0.25) is 5.88 Å². The fraction of sp³-hybridized carbons (Fsp3) is 0.786. The van der Waals surface area contributed by atoms with Crippen LogP contribution in [0.4, 0.5) is 0 Å². The summed E-state index contributed by atoms with van der Waals surface area (Å²) in [5.74, 6) is 0.768. The minimum Gasteiger partial charge on any atom is -0.474 e. The van der Waals surface area contributed by atoms with E-state index in [0.29, 0.717) is 0 Å². The van der Waals surface area contributed by atoms with Gasteiger partial charge in [-0.25, -0.2) is 4.68 Å². The van der Waals surface area contributed by atoms with Gasteiger partial charge in [-0.1, -0.05) is 20.8 Å². The summed E-state index contributed by atoms with van der Waals surface area (Å²) in [5.41, 5.74) is 0. The number of halogens is 1. The van der Waals surface area contributed by atoms with Crippen LogP contribution in [-0.2, 0) is 11.5 Å². The third-order valence-corrected chi connectivity index (χ3v) is 9.03. The highest BCUT2D eigenvalue weighted by atomic mass is 79.9. The van der Waals surface area contributed by atoms with Crippen LogP contribution < -0.4 is 4.74 Å². The number of ether oxygens (including phenoxy) is 1. The smallest absolute Gasteiger partial charge is 0.226 e. The van der Waals surface area contributed by atoms with Crippen molar-refractivity contribution in [3.63, 3.8) is 0 Å². The van der Waals surface area contributed by atoms with Gasteiger partial charge in [0, 0.05) is 20.1 Å². The Morgan fingerprint density at radius 1 is 1.40 bits per heavy atom.